The third kappa shape index (κ3) is 5.94. The molecule has 0 aromatic carbocycles. The number of piperazine rings is 1. The van der Waals surface area contributed by atoms with Crippen molar-refractivity contribution >= 4 is 6.03 Å². The Morgan fingerprint density at radius 2 is 2.00 bits per heavy atom. The Kier molecular flexibility index (Phi) is 7.11. The number of amides is 2. The van der Waals surface area contributed by atoms with Crippen LogP contribution in [-0.2, 0) is 4.74 Å². The number of hydrogen-bond donors (Lipinski definition) is 1. The Labute approximate surface area is 141 Å². The molecule has 6 heteroatoms. The van der Waals surface area contributed by atoms with E-state index in [2.05, 4.69) is 43.1 Å². The highest BCUT2D eigenvalue weighted by Gasteiger charge is 2.28. The van der Waals surface area contributed by atoms with Gasteiger partial charge in [-0.1, -0.05) is 13.8 Å². The maximum absolute atomic E-state index is 12.3. The van der Waals surface area contributed by atoms with Crippen LogP contribution in [0.2, 0.25) is 0 Å². The number of likely N-dealkylation sites (N-methyl/N-ethyl adjacent to an activating group) is 2. The van der Waals surface area contributed by atoms with Gasteiger partial charge in [-0.2, -0.15) is 0 Å². The first-order chi connectivity index (χ1) is 11.0. The molecule has 0 aliphatic carbocycles. The molecule has 1 N–H and O–H groups in total. The second-order valence-corrected chi connectivity index (χ2v) is 7.49. The summed E-state index contributed by atoms with van der Waals surface area (Å²) in [5.74, 6) is 0.668. The topological polar surface area (TPSA) is 48.1 Å². The first-order valence-electron chi connectivity index (χ1n) is 8.99. The third-order valence-electron chi connectivity index (χ3n) is 4.95. The average molecular weight is 326 g/mol. The number of nitrogens with one attached hydrogen (secondary N) is 1. The molecule has 2 atom stereocenters. The Morgan fingerprint density at radius 3 is 2.74 bits per heavy atom. The molecule has 134 valence electrons. The van der Waals surface area contributed by atoms with E-state index < -0.39 is 0 Å². The highest BCUT2D eigenvalue weighted by Crippen LogP contribution is 2.14. The molecular formula is C17H34N4O2. The Hall–Kier alpha value is -0.850. The van der Waals surface area contributed by atoms with Crippen LogP contribution in [0.5, 0.6) is 0 Å². The van der Waals surface area contributed by atoms with Crippen LogP contribution in [0.25, 0.3) is 0 Å². The lowest BCUT2D eigenvalue weighted by Gasteiger charge is -2.37. The molecule has 23 heavy (non-hydrogen) atoms. The lowest BCUT2D eigenvalue weighted by molar-refractivity contribution is 0.0541. The highest BCUT2D eigenvalue weighted by atomic mass is 16.5. The number of hydrogen-bond acceptors (Lipinski definition) is 4. The van der Waals surface area contributed by atoms with Crippen molar-refractivity contribution in [3.05, 3.63) is 0 Å². The van der Waals surface area contributed by atoms with Crippen molar-refractivity contribution in [2.45, 2.75) is 38.8 Å². The molecule has 2 fully saturated rings. The van der Waals surface area contributed by atoms with E-state index in [-0.39, 0.29) is 12.1 Å². The summed E-state index contributed by atoms with van der Waals surface area (Å²) in [6, 6.07) is 0.458. The number of likely N-dealkylation sites (tertiary alicyclic amines) is 1. The molecule has 0 aromatic rings. The zero-order chi connectivity index (χ0) is 16.8. The van der Waals surface area contributed by atoms with Gasteiger partial charge in [0.05, 0.1) is 6.10 Å². The Bertz CT molecular complexity index is 378. The van der Waals surface area contributed by atoms with Gasteiger partial charge in [-0.15, -0.1) is 0 Å². The normalized spacial score (nSPS) is 26.9. The fourth-order valence-corrected chi connectivity index (χ4v) is 3.16. The van der Waals surface area contributed by atoms with E-state index >= 15 is 0 Å². The number of rotatable bonds is 6. The molecule has 0 saturated carbocycles. The van der Waals surface area contributed by atoms with Gasteiger partial charge in [-0.05, 0) is 32.9 Å². The van der Waals surface area contributed by atoms with Crippen molar-refractivity contribution in [3.8, 4) is 0 Å². The molecular weight excluding hydrogens is 292 g/mol. The second kappa shape index (κ2) is 8.85. The zero-order valence-electron chi connectivity index (χ0n) is 15.3. The minimum Gasteiger partial charge on any atom is -0.376 e. The van der Waals surface area contributed by atoms with Crippen LogP contribution >= 0.6 is 0 Å². The lowest BCUT2D eigenvalue weighted by atomic mass is 10.1. The first-order valence-corrected chi connectivity index (χ1v) is 8.99. The number of carbonyl (C=O) groups excluding carboxylic acids is 1. The summed E-state index contributed by atoms with van der Waals surface area (Å²) in [5.41, 5.74) is 0. The Morgan fingerprint density at radius 1 is 1.22 bits per heavy atom. The van der Waals surface area contributed by atoms with Gasteiger partial charge in [0, 0.05) is 51.9 Å². The molecule has 2 aliphatic rings. The third-order valence-corrected chi connectivity index (χ3v) is 4.95. The van der Waals surface area contributed by atoms with E-state index in [9.17, 15) is 4.79 Å². The standard InChI is InChI=1S/C17H34N4O2/c1-14(2)6-10-23-16-5-7-21(13-16)17(22)18-11-15-12-19(3)8-9-20(15)4/h14-16H,5-13H2,1-4H3,(H,18,22)/t15-,16-/m0/s1. The first kappa shape index (κ1) is 18.5. The zero-order valence-corrected chi connectivity index (χ0v) is 15.3. The van der Waals surface area contributed by atoms with E-state index in [4.69, 9.17) is 4.74 Å². The second-order valence-electron chi connectivity index (χ2n) is 7.49. The lowest BCUT2D eigenvalue weighted by Crippen LogP contribution is -2.55. The fourth-order valence-electron chi connectivity index (χ4n) is 3.16. The van der Waals surface area contributed by atoms with Crippen molar-refractivity contribution in [1.82, 2.24) is 20.0 Å². The van der Waals surface area contributed by atoms with Crippen molar-refractivity contribution < 1.29 is 9.53 Å². The van der Waals surface area contributed by atoms with Gasteiger partial charge in [-0.25, -0.2) is 4.79 Å². The van der Waals surface area contributed by atoms with Gasteiger partial charge in [-0.3, -0.25) is 4.90 Å². The summed E-state index contributed by atoms with van der Waals surface area (Å²) in [4.78, 5) is 18.9. The minimum atomic E-state index is 0.0570. The van der Waals surface area contributed by atoms with E-state index in [0.717, 1.165) is 58.7 Å². The van der Waals surface area contributed by atoms with Crippen LogP contribution in [0, 0.1) is 5.92 Å². The molecule has 0 unspecified atom stereocenters. The van der Waals surface area contributed by atoms with E-state index in [1.54, 1.807) is 0 Å². The summed E-state index contributed by atoms with van der Waals surface area (Å²) in [6.45, 7) is 10.6. The SMILES string of the molecule is CC(C)CCO[C@H]1CCN(C(=O)NC[C@H]2CN(C)CCN2C)C1. The number of nitrogens with zero attached hydrogens (tertiary/aromatic N) is 3. The van der Waals surface area contributed by atoms with Crippen molar-refractivity contribution in [1.29, 1.82) is 0 Å². The monoisotopic (exact) mass is 326 g/mol. The summed E-state index contributed by atoms with van der Waals surface area (Å²) in [5, 5.41) is 3.10. The molecule has 2 amide bonds. The van der Waals surface area contributed by atoms with Crippen LogP contribution in [-0.4, -0.2) is 92.8 Å². The van der Waals surface area contributed by atoms with Gasteiger partial charge < -0.3 is 19.9 Å². The summed E-state index contributed by atoms with van der Waals surface area (Å²) in [6.07, 6.45) is 2.25. The van der Waals surface area contributed by atoms with Crippen molar-refractivity contribution in [2.24, 2.45) is 5.92 Å². The van der Waals surface area contributed by atoms with E-state index in [1.807, 2.05) is 4.90 Å². The fraction of sp³-hybridized carbons (Fsp3) is 0.941. The predicted octanol–water partition coefficient (Wildman–Crippen LogP) is 1.08. The van der Waals surface area contributed by atoms with Crippen LogP contribution in [0.1, 0.15) is 26.7 Å². The molecule has 2 saturated heterocycles. The molecule has 2 aliphatic heterocycles. The van der Waals surface area contributed by atoms with Crippen LogP contribution in [0.3, 0.4) is 0 Å². The van der Waals surface area contributed by atoms with Crippen LogP contribution in [0.4, 0.5) is 4.79 Å². The summed E-state index contributed by atoms with van der Waals surface area (Å²) >= 11 is 0. The molecule has 0 bridgehead atoms. The molecule has 2 heterocycles. The van der Waals surface area contributed by atoms with Crippen LogP contribution < -0.4 is 5.32 Å². The molecule has 6 nitrogen and oxygen atoms in total. The van der Waals surface area contributed by atoms with Gasteiger partial charge in [0.2, 0.25) is 0 Å². The van der Waals surface area contributed by atoms with Crippen LogP contribution in [0.15, 0.2) is 0 Å². The number of ether oxygens (including phenoxy) is 1. The number of urea groups is 1. The predicted molar refractivity (Wildman–Crippen MR) is 92.7 cm³/mol. The number of carbonyl (C=O) groups is 1. The minimum absolute atomic E-state index is 0.0570. The van der Waals surface area contributed by atoms with E-state index in [0.29, 0.717) is 12.0 Å². The van der Waals surface area contributed by atoms with E-state index in [1.165, 1.54) is 0 Å². The van der Waals surface area contributed by atoms with Gasteiger partial charge in [0.25, 0.3) is 0 Å². The smallest absolute Gasteiger partial charge is 0.317 e. The highest BCUT2D eigenvalue weighted by molar-refractivity contribution is 5.74. The van der Waals surface area contributed by atoms with Gasteiger partial charge in [0.15, 0.2) is 0 Å². The maximum atomic E-state index is 12.3. The Balaban J connectivity index is 1.66. The van der Waals surface area contributed by atoms with Gasteiger partial charge >= 0.3 is 6.03 Å². The van der Waals surface area contributed by atoms with Crippen molar-refractivity contribution in [3.63, 3.8) is 0 Å². The molecule has 0 aromatic heterocycles. The van der Waals surface area contributed by atoms with Crippen molar-refractivity contribution in [2.75, 3.05) is 60.0 Å². The van der Waals surface area contributed by atoms with Gasteiger partial charge in [0.1, 0.15) is 0 Å². The molecule has 0 radical (unpaired) electrons. The molecule has 0 spiro atoms. The summed E-state index contributed by atoms with van der Waals surface area (Å²) < 4.78 is 5.88. The largest absolute Gasteiger partial charge is 0.376 e. The quantitative estimate of drug-likeness (QED) is 0.793. The summed E-state index contributed by atoms with van der Waals surface area (Å²) in [7, 11) is 4.28. The maximum Gasteiger partial charge on any atom is 0.317 e. The molecule has 2 rings (SSSR count). The average Bonchev–Trinajstić information content (AvgIpc) is 2.96.